The summed E-state index contributed by atoms with van der Waals surface area (Å²) in [5, 5.41) is 0. The van der Waals surface area contributed by atoms with Gasteiger partial charge < -0.3 is 24.2 Å². The highest BCUT2D eigenvalue weighted by Crippen LogP contribution is 1.76. The van der Waals surface area contributed by atoms with Crippen molar-refractivity contribution in [1.29, 1.82) is 0 Å². The van der Waals surface area contributed by atoms with Gasteiger partial charge in [-0.05, 0) is 39.3 Å². The van der Waals surface area contributed by atoms with Crippen molar-refractivity contribution in [3.63, 3.8) is 0 Å². The average molecular weight is 608 g/mol. The van der Waals surface area contributed by atoms with Crippen LogP contribution in [0.5, 0.6) is 0 Å². The van der Waals surface area contributed by atoms with Crippen molar-refractivity contribution in [2.75, 3.05) is 21.1 Å². The fourth-order valence-corrected chi connectivity index (χ4v) is 16.9. The summed E-state index contributed by atoms with van der Waals surface area (Å²) in [6.07, 6.45) is 0. The van der Waals surface area contributed by atoms with Gasteiger partial charge in [-0.2, -0.15) is 0 Å². The number of hydrogen-bond acceptors (Lipinski definition) is 0. The van der Waals surface area contributed by atoms with Gasteiger partial charge in [0.2, 0.25) is 17.9 Å². The maximum absolute atomic E-state index is 3.88. The van der Waals surface area contributed by atoms with Crippen molar-refractivity contribution in [1.82, 2.24) is 0 Å². The van der Waals surface area contributed by atoms with Gasteiger partial charge in [-0.1, -0.05) is 88.3 Å². The Hall–Kier alpha value is 0.624. The molecule has 0 rings (SSSR count). The lowest BCUT2D eigenvalue weighted by atomic mass is 11.3. The molecule has 0 aromatic carbocycles. The van der Waals surface area contributed by atoms with E-state index >= 15 is 0 Å². The summed E-state index contributed by atoms with van der Waals surface area (Å²) in [6.45, 7) is 25.1. The Bertz CT molecular complexity index is 310. The zero-order chi connectivity index (χ0) is 20.0. The van der Waals surface area contributed by atoms with E-state index < -0.39 is 34.7 Å². The van der Waals surface area contributed by atoms with Crippen LogP contribution in [0.4, 0.5) is 0 Å². The van der Waals surface area contributed by atoms with Gasteiger partial charge in [-0.3, -0.25) is 0 Å². The molecule has 0 amide bonds. The highest BCUT2D eigenvalue weighted by Gasteiger charge is 2.37. The van der Waals surface area contributed by atoms with Crippen LogP contribution in [0.2, 0.25) is 58.9 Å². The minimum Gasteiger partial charge on any atom is -0.421 e. The van der Waals surface area contributed by atoms with Crippen LogP contribution in [0.3, 0.4) is 0 Å². The molecule has 0 spiro atoms. The normalized spacial score (nSPS) is 9.46. The SMILES string of the molecule is C.C.C.C.C.C.C.C.C.C.C.C=C[Si](C)([NH2+]C)[NH2+][SiH](C)C.C[NH2+][SiH](C)C.C[NH2+][Si](C)(C)[NH2+][SiH](C)C. The van der Waals surface area contributed by atoms with Crippen molar-refractivity contribution >= 4 is 43.7 Å². The fourth-order valence-electron chi connectivity index (χ4n) is 1.96. The molecule has 5 nitrogen and oxygen atoms in total. The molecule has 0 bridgehead atoms. The van der Waals surface area contributed by atoms with Gasteiger partial charge >= 0.3 is 16.8 Å². The van der Waals surface area contributed by atoms with Gasteiger partial charge in [0.25, 0.3) is 8.96 Å². The molecule has 1 atom stereocenters. The molecule has 35 heavy (non-hydrogen) atoms. The maximum atomic E-state index is 3.88. The first kappa shape index (κ1) is 91.3. The van der Waals surface area contributed by atoms with Crippen molar-refractivity contribution in [3.05, 3.63) is 12.3 Å². The standard InChI is InChI=1S/C6H19N2Si2.C5H19N2Si2.C3H11NSi.11CH4/c1-6-10(5,7-2)8-9(3)4;1-6-9(4,5)7-8(2)3;1-4-5(2)3;;;;;;;;;;;/h6-7,9H,1,8H2,2-5H3;6,8H,7H2,1-5H3;4-5H,1-3H3;11*1H4/q2*+1;;;;;;;;;;;;/p+3. The van der Waals surface area contributed by atoms with Crippen LogP contribution in [0.1, 0.15) is 81.7 Å². The first-order valence-corrected chi connectivity index (χ1v) is 24.4. The fraction of sp³-hybridized carbons (Fsp3) is 0.920. The highest BCUT2D eigenvalue weighted by atomic mass is 28.4. The summed E-state index contributed by atoms with van der Waals surface area (Å²) in [5.74, 6) is 0. The van der Waals surface area contributed by atoms with Crippen LogP contribution >= 0.6 is 0 Å². The van der Waals surface area contributed by atoms with Crippen LogP contribution < -0.4 is 24.2 Å². The molecular formula is C25H96N5Si5+5. The van der Waals surface area contributed by atoms with Crippen LogP contribution in [0, 0.1) is 0 Å². The van der Waals surface area contributed by atoms with E-state index in [0.29, 0.717) is 0 Å². The van der Waals surface area contributed by atoms with E-state index in [1.807, 2.05) is 0 Å². The number of rotatable bonds is 8. The topological polar surface area (TPSA) is 83.0 Å². The van der Waals surface area contributed by atoms with Crippen LogP contribution in [-0.2, 0) is 0 Å². The van der Waals surface area contributed by atoms with E-state index in [1.54, 1.807) is 0 Å². The van der Waals surface area contributed by atoms with E-state index in [2.05, 4.69) is 117 Å². The molecule has 0 radical (unpaired) electrons. The van der Waals surface area contributed by atoms with E-state index in [0.717, 1.165) is 0 Å². The van der Waals surface area contributed by atoms with E-state index in [1.165, 1.54) is 0 Å². The second-order valence-electron chi connectivity index (χ2n) is 8.37. The molecule has 0 aliphatic carbocycles. The number of hydrogen-bond donors (Lipinski definition) is 5. The third-order valence-electron chi connectivity index (χ3n) is 3.93. The van der Waals surface area contributed by atoms with Gasteiger partial charge in [0, 0.05) is 32.4 Å². The van der Waals surface area contributed by atoms with E-state index in [4.69, 9.17) is 0 Å². The first-order valence-electron chi connectivity index (χ1n) is 9.55. The van der Waals surface area contributed by atoms with Crippen molar-refractivity contribution < 1.29 is 24.2 Å². The van der Waals surface area contributed by atoms with Gasteiger partial charge in [0.05, 0.1) is 14.1 Å². The molecule has 0 saturated heterocycles. The van der Waals surface area contributed by atoms with Crippen molar-refractivity contribution in [3.8, 4) is 0 Å². The zero-order valence-corrected chi connectivity index (χ0v) is 24.4. The maximum Gasteiger partial charge on any atom is 0.521 e. The Labute approximate surface area is 241 Å². The molecule has 0 fully saturated rings. The molecule has 10 N–H and O–H groups in total. The Kier molecular flexibility index (Phi) is 134. The number of quaternary nitrogens is 5. The Morgan fingerprint density at radius 2 is 0.771 bits per heavy atom. The summed E-state index contributed by atoms with van der Waals surface area (Å²) in [7, 11) is 3.19. The summed E-state index contributed by atoms with van der Waals surface area (Å²) >= 11 is 0. The second-order valence-corrected chi connectivity index (χ2v) is 27.1. The van der Waals surface area contributed by atoms with Gasteiger partial charge in [-0.15, -0.1) is 0 Å². The average Bonchev–Trinajstić information content (AvgIpc) is 2.46. The molecular weight excluding hydrogens is 511 g/mol. The van der Waals surface area contributed by atoms with Crippen LogP contribution in [0.15, 0.2) is 12.3 Å². The lowest BCUT2D eigenvalue weighted by Crippen LogP contribution is -3.23. The minimum atomic E-state index is -1.18. The molecule has 10 heteroatoms. The predicted octanol–water partition coefficient (Wildman–Crippen LogP) is 3.11. The largest absolute Gasteiger partial charge is 0.521 e. The Morgan fingerprint density at radius 1 is 0.514 bits per heavy atom. The lowest BCUT2D eigenvalue weighted by Gasteiger charge is -2.15. The van der Waals surface area contributed by atoms with E-state index in [9.17, 15) is 0 Å². The third kappa shape index (κ3) is 78.8. The second kappa shape index (κ2) is 51.3. The van der Waals surface area contributed by atoms with Gasteiger partial charge in [-0.25, -0.2) is 0 Å². The summed E-state index contributed by atoms with van der Waals surface area (Å²) < 4.78 is 5.20. The molecule has 0 aliphatic heterocycles. The lowest BCUT2D eigenvalue weighted by molar-refractivity contribution is -0.595. The number of nitrogens with two attached hydrogens (primary N) is 5. The molecule has 236 valence electrons. The van der Waals surface area contributed by atoms with Crippen LogP contribution in [0.25, 0.3) is 0 Å². The zero-order valence-electron chi connectivity index (χ0n) is 18.9. The molecule has 0 aromatic heterocycles. The van der Waals surface area contributed by atoms with Gasteiger partial charge in [0.1, 0.15) is 0 Å². The molecule has 0 aromatic rings. The molecule has 0 saturated carbocycles. The summed E-state index contributed by atoms with van der Waals surface area (Å²) in [4.78, 5) is 7.05. The monoisotopic (exact) mass is 607 g/mol. The van der Waals surface area contributed by atoms with E-state index in [-0.39, 0.29) is 90.7 Å². The predicted molar refractivity (Wildman–Crippen MR) is 197 cm³/mol. The Balaban J connectivity index is -0.0000000140. The van der Waals surface area contributed by atoms with Crippen molar-refractivity contribution in [2.24, 2.45) is 0 Å². The Morgan fingerprint density at radius 3 is 0.829 bits per heavy atom. The quantitative estimate of drug-likeness (QED) is 0.263. The van der Waals surface area contributed by atoms with Gasteiger partial charge in [0.15, 0.2) is 0 Å². The molecule has 1 unspecified atom stereocenters. The third-order valence-corrected chi connectivity index (χ3v) is 20.5. The highest BCUT2D eigenvalue weighted by molar-refractivity contribution is 6.71. The molecule has 0 aliphatic rings. The first-order chi connectivity index (χ1) is 10.8. The van der Waals surface area contributed by atoms with Crippen LogP contribution in [-0.4, -0.2) is 64.8 Å². The summed E-state index contributed by atoms with van der Waals surface area (Å²) in [5.41, 5.74) is 2.15. The van der Waals surface area contributed by atoms with Crippen molar-refractivity contribution in [2.45, 2.75) is 141 Å². The summed E-state index contributed by atoms with van der Waals surface area (Å²) in [6, 6.07) is 0. The smallest absolute Gasteiger partial charge is 0.421 e. The molecule has 0 heterocycles. The minimum absolute atomic E-state index is 0.